The normalized spacial score (nSPS) is 14.3. The van der Waals surface area contributed by atoms with Crippen molar-refractivity contribution in [2.75, 3.05) is 49.6 Å². The number of anilines is 2. The van der Waals surface area contributed by atoms with Crippen LogP contribution in [0.5, 0.6) is 5.88 Å². The predicted molar refractivity (Wildman–Crippen MR) is 91.7 cm³/mol. The number of amides is 2. The Kier molecular flexibility index (Phi) is 5.57. The van der Waals surface area contributed by atoms with Gasteiger partial charge in [0.05, 0.1) is 12.8 Å². The van der Waals surface area contributed by atoms with E-state index < -0.39 is 0 Å². The lowest BCUT2D eigenvalue weighted by Gasteiger charge is -2.35. The van der Waals surface area contributed by atoms with Crippen LogP contribution in [0.2, 0.25) is 0 Å². The number of nitrogens with one attached hydrogen (secondary N) is 1. The second-order valence-electron chi connectivity index (χ2n) is 5.42. The molecule has 1 fully saturated rings. The minimum Gasteiger partial charge on any atom is -0.475 e. The number of carbonyl (C=O) groups is 1. The van der Waals surface area contributed by atoms with Crippen LogP contribution in [0.1, 0.15) is 0 Å². The van der Waals surface area contributed by atoms with Crippen molar-refractivity contribution in [1.82, 2.24) is 19.9 Å². The van der Waals surface area contributed by atoms with Gasteiger partial charge in [-0.3, -0.25) is 4.98 Å². The number of pyridine rings is 1. The molecule has 0 aromatic carbocycles. The van der Waals surface area contributed by atoms with Crippen LogP contribution in [0.4, 0.5) is 16.3 Å². The first-order valence-electron chi connectivity index (χ1n) is 8.03. The molecule has 25 heavy (non-hydrogen) atoms. The maximum Gasteiger partial charge on any atom is 0.321 e. The number of hydrogen-bond acceptors (Lipinski definition) is 7. The fourth-order valence-corrected chi connectivity index (χ4v) is 2.51. The molecule has 1 saturated heterocycles. The molecule has 0 bridgehead atoms. The summed E-state index contributed by atoms with van der Waals surface area (Å²) in [6, 6.07) is 3.15. The van der Waals surface area contributed by atoms with E-state index in [1.807, 2.05) is 0 Å². The summed E-state index contributed by atoms with van der Waals surface area (Å²) in [5.74, 6) is 1.18. The molecule has 0 saturated carbocycles. The molecule has 0 unspecified atom stereocenters. The van der Waals surface area contributed by atoms with Crippen molar-refractivity contribution in [2.45, 2.75) is 0 Å². The number of rotatable bonds is 5. The molecule has 1 aliphatic rings. The molecular weight excluding hydrogens is 324 g/mol. The number of aromatic nitrogens is 3. The highest BCUT2D eigenvalue weighted by Gasteiger charge is 2.22. The molecule has 9 nitrogen and oxygen atoms in total. The second kappa shape index (κ2) is 8.25. The lowest BCUT2D eigenvalue weighted by Crippen LogP contribution is -2.50. The number of hydrogen-bond donors (Lipinski definition) is 2. The molecule has 0 atom stereocenters. The van der Waals surface area contributed by atoms with Crippen molar-refractivity contribution in [2.24, 2.45) is 0 Å². The summed E-state index contributed by atoms with van der Waals surface area (Å²) in [4.78, 5) is 28.6. The van der Waals surface area contributed by atoms with Crippen LogP contribution in [-0.4, -0.2) is 70.4 Å². The Labute approximate surface area is 145 Å². The molecule has 1 aliphatic heterocycles. The van der Waals surface area contributed by atoms with E-state index in [4.69, 9.17) is 9.84 Å². The highest BCUT2D eigenvalue weighted by atomic mass is 16.5. The highest BCUT2D eigenvalue weighted by molar-refractivity contribution is 5.89. The highest BCUT2D eigenvalue weighted by Crippen LogP contribution is 2.16. The summed E-state index contributed by atoms with van der Waals surface area (Å²) < 4.78 is 5.24. The number of aliphatic hydroxyl groups is 1. The standard InChI is InChI=1S/C16H20N6O3/c23-9-10-25-15-11-13(1-2-19-15)20-16(24)22-7-5-21(6-8-22)14-12-17-3-4-18-14/h1-4,11-12,23H,5-10H2,(H,19,20,24). The van der Waals surface area contributed by atoms with Gasteiger partial charge in [-0.05, 0) is 6.07 Å². The third-order valence-corrected chi connectivity index (χ3v) is 3.77. The fourth-order valence-electron chi connectivity index (χ4n) is 2.51. The molecule has 0 aliphatic carbocycles. The Hall–Kier alpha value is -2.94. The van der Waals surface area contributed by atoms with Crippen molar-refractivity contribution in [3.63, 3.8) is 0 Å². The Bertz CT molecular complexity index is 691. The van der Waals surface area contributed by atoms with Crippen LogP contribution in [0.15, 0.2) is 36.9 Å². The van der Waals surface area contributed by atoms with Gasteiger partial charge >= 0.3 is 6.03 Å². The summed E-state index contributed by atoms with van der Waals surface area (Å²) in [6.45, 7) is 2.67. The molecule has 2 aromatic heterocycles. The second-order valence-corrected chi connectivity index (χ2v) is 5.42. The minimum absolute atomic E-state index is 0.0890. The van der Waals surface area contributed by atoms with Gasteiger partial charge in [0, 0.05) is 56.5 Å². The number of aliphatic hydroxyl groups excluding tert-OH is 1. The van der Waals surface area contributed by atoms with E-state index in [0.29, 0.717) is 37.7 Å². The van der Waals surface area contributed by atoms with Crippen molar-refractivity contribution >= 4 is 17.5 Å². The SMILES string of the molecule is O=C(Nc1ccnc(OCCO)c1)N1CCN(c2cnccn2)CC1. The van der Waals surface area contributed by atoms with Crippen LogP contribution in [0.3, 0.4) is 0 Å². The van der Waals surface area contributed by atoms with Gasteiger partial charge in [0.1, 0.15) is 12.4 Å². The summed E-state index contributed by atoms with van der Waals surface area (Å²) in [5.41, 5.74) is 0.601. The van der Waals surface area contributed by atoms with E-state index in [1.165, 1.54) is 0 Å². The Morgan fingerprint density at radius 2 is 2.04 bits per heavy atom. The molecule has 3 heterocycles. The van der Waals surface area contributed by atoms with Gasteiger partial charge in [-0.1, -0.05) is 0 Å². The van der Waals surface area contributed by atoms with Crippen LogP contribution in [-0.2, 0) is 0 Å². The largest absolute Gasteiger partial charge is 0.475 e. The van der Waals surface area contributed by atoms with Crippen LogP contribution < -0.4 is 15.0 Å². The summed E-state index contributed by atoms with van der Waals surface area (Å²) in [6.07, 6.45) is 6.57. The van der Waals surface area contributed by atoms with Gasteiger partial charge in [0.2, 0.25) is 5.88 Å². The van der Waals surface area contributed by atoms with E-state index in [9.17, 15) is 4.79 Å². The van der Waals surface area contributed by atoms with Gasteiger partial charge < -0.3 is 25.0 Å². The van der Waals surface area contributed by atoms with Crippen LogP contribution in [0.25, 0.3) is 0 Å². The quantitative estimate of drug-likeness (QED) is 0.818. The van der Waals surface area contributed by atoms with Gasteiger partial charge in [0.25, 0.3) is 0 Å². The number of ether oxygens (including phenoxy) is 1. The average Bonchev–Trinajstić information content (AvgIpc) is 2.67. The summed E-state index contributed by atoms with van der Waals surface area (Å²) >= 11 is 0. The van der Waals surface area contributed by atoms with Crippen molar-refractivity contribution in [3.8, 4) is 5.88 Å². The molecule has 9 heteroatoms. The van der Waals surface area contributed by atoms with E-state index in [0.717, 1.165) is 5.82 Å². The summed E-state index contributed by atoms with van der Waals surface area (Å²) in [5, 5.41) is 11.6. The van der Waals surface area contributed by atoms with Crippen LogP contribution >= 0.6 is 0 Å². The Balaban J connectivity index is 1.53. The molecule has 0 radical (unpaired) electrons. The number of piperazine rings is 1. The maximum absolute atomic E-state index is 12.4. The van der Waals surface area contributed by atoms with Crippen LogP contribution in [0, 0.1) is 0 Å². The average molecular weight is 344 g/mol. The third-order valence-electron chi connectivity index (χ3n) is 3.77. The smallest absolute Gasteiger partial charge is 0.321 e. The molecule has 2 aromatic rings. The van der Waals surface area contributed by atoms with E-state index in [1.54, 1.807) is 41.8 Å². The zero-order valence-corrected chi connectivity index (χ0v) is 13.7. The van der Waals surface area contributed by atoms with E-state index in [2.05, 4.69) is 25.2 Å². The first kappa shape index (κ1) is 16.9. The number of urea groups is 1. The van der Waals surface area contributed by atoms with E-state index in [-0.39, 0.29) is 19.2 Å². The molecule has 2 N–H and O–H groups in total. The van der Waals surface area contributed by atoms with Gasteiger partial charge in [-0.15, -0.1) is 0 Å². The zero-order valence-electron chi connectivity index (χ0n) is 13.7. The summed E-state index contributed by atoms with van der Waals surface area (Å²) in [7, 11) is 0. The molecule has 2 amide bonds. The molecule has 3 rings (SSSR count). The molecule has 132 valence electrons. The lowest BCUT2D eigenvalue weighted by atomic mass is 10.3. The zero-order chi connectivity index (χ0) is 17.5. The van der Waals surface area contributed by atoms with Crippen molar-refractivity contribution in [3.05, 3.63) is 36.9 Å². The van der Waals surface area contributed by atoms with Crippen molar-refractivity contribution in [1.29, 1.82) is 0 Å². The molecule has 0 spiro atoms. The van der Waals surface area contributed by atoms with Gasteiger partial charge in [-0.25, -0.2) is 14.8 Å². The van der Waals surface area contributed by atoms with Gasteiger partial charge in [0.15, 0.2) is 0 Å². The number of carbonyl (C=O) groups excluding carboxylic acids is 1. The van der Waals surface area contributed by atoms with Gasteiger partial charge in [-0.2, -0.15) is 0 Å². The predicted octanol–water partition coefficient (Wildman–Crippen LogP) is 0.597. The maximum atomic E-state index is 12.4. The lowest BCUT2D eigenvalue weighted by molar-refractivity contribution is 0.196. The first-order chi connectivity index (χ1) is 12.3. The first-order valence-corrected chi connectivity index (χ1v) is 8.03. The Morgan fingerprint density at radius 1 is 1.20 bits per heavy atom. The molecular formula is C16H20N6O3. The fraction of sp³-hybridized carbons (Fsp3) is 0.375. The number of nitrogens with zero attached hydrogens (tertiary/aromatic N) is 5. The third kappa shape index (κ3) is 4.54. The topological polar surface area (TPSA) is 104 Å². The monoisotopic (exact) mass is 344 g/mol. The van der Waals surface area contributed by atoms with Crippen molar-refractivity contribution < 1.29 is 14.6 Å². The van der Waals surface area contributed by atoms with E-state index >= 15 is 0 Å². The minimum atomic E-state index is -0.168. The Morgan fingerprint density at radius 3 is 2.76 bits per heavy atom.